The van der Waals surface area contributed by atoms with E-state index < -0.39 is 23.0 Å². The van der Waals surface area contributed by atoms with E-state index in [1.807, 2.05) is 30.3 Å². The first-order chi connectivity index (χ1) is 16.9. The van der Waals surface area contributed by atoms with Crippen molar-refractivity contribution in [2.45, 2.75) is 79.4 Å². The van der Waals surface area contributed by atoms with E-state index in [0.29, 0.717) is 18.2 Å². The molecule has 0 radical (unpaired) electrons. The van der Waals surface area contributed by atoms with Gasteiger partial charge in [0.05, 0.1) is 5.41 Å². The molecule has 1 aromatic carbocycles. The zero-order valence-electron chi connectivity index (χ0n) is 22.3. The Bertz CT molecular complexity index is 1030. The van der Waals surface area contributed by atoms with E-state index in [1.54, 1.807) is 41.5 Å². The van der Waals surface area contributed by atoms with Gasteiger partial charge in [-0.25, -0.2) is 9.78 Å². The fourth-order valence-corrected chi connectivity index (χ4v) is 3.75. The largest absolute Gasteiger partial charge is 0.481 e. The Balaban J connectivity index is 2.04. The quantitative estimate of drug-likeness (QED) is 0.540. The van der Waals surface area contributed by atoms with Crippen LogP contribution in [-0.4, -0.2) is 40.6 Å². The Morgan fingerprint density at radius 2 is 1.72 bits per heavy atom. The molecule has 196 valence electrons. The van der Waals surface area contributed by atoms with Gasteiger partial charge in [-0.1, -0.05) is 30.3 Å². The minimum absolute atomic E-state index is 0.0111. The van der Waals surface area contributed by atoms with Crippen molar-refractivity contribution in [1.82, 2.24) is 15.3 Å². The molecule has 8 nitrogen and oxygen atoms in total. The number of benzene rings is 1. The van der Waals surface area contributed by atoms with E-state index in [9.17, 15) is 9.59 Å². The van der Waals surface area contributed by atoms with Gasteiger partial charge in [-0.3, -0.25) is 4.79 Å². The molecule has 1 aromatic heterocycles. The number of ether oxygens (including phenoxy) is 3. The van der Waals surface area contributed by atoms with E-state index in [4.69, 9.17) is 14.2 Å². The maximum absolute atomic E-state index is 13.3. The molecule has 3 rings (SSSR count). The zero-order valence-corrected chi connectivity index (χ0v) is 22.3. The fraction of sp³-hybridized carbons (Fsp3) is 0.571. The maximum atomic E-state index is 13.3. The van der Waals surface area contributed by atoms with Gasteiger partial charge < -0.3 is 19.5 Å². The molecule has 0 bridgehead atoms. The molecule has 1 unspecified atom stereocenters. The average Bonchev–Trinajstić information content (AvgIpc) is 3.05. The fourth-order valence-electron chi connectivity index (χ4n) is 3.75. The number of hydrogen-bond acceptors (Lipinski definition) is 8. The van der Waals surface area contributed by atoms with Gasteiger partial charge in [-0.15, -0.1) is 0 Å². The first-order valence-corrected chi connectivity index (χ1v) is 12.7. The van der Waals surface area contributed by atoms with Gasteiger partial charge >= 0.3 is 11.9 Å². The minimum atomic E-state index is -0.777. The molecule has 0 amide bonds. The van der Waals surface area contributed by atoms with Crippen molar-refractivity contribution in [3.8, 4) is 11.6 Å². The molecule has 1 fully saturated rings. The SMILES string of the molecule is CC(C)(C)OC(=O)c1nc(CC2CCCNCC2)nc(OC(=O)C(C)(C)C)c1OCc1ccccc1. The van der Waals surface area contributed by atoms with Gasteiger partial charge in [0.25, 0.3) is 5.88 Å². The molecule has 8 heteroatoms. The Hall–Kier alpha value is -3.00. The number of aromatic nitrogens is 2. The van der Waals surface area contributed by atoms with Gasteiger partial charge in [0, 0.05) is 6.42 Å². The third-order valence-corrected chi connectivity index (χ3v) is 5.67. The van der Waals surface area contributed by atoms with Crippen LogP contribution in [0.2, 0.25) is 0 Å². The van der Waals surface area contributed by atoms with Gasteiger partial charge in [0.2, 0.25) is 5.75 Å². The van der Waals surface area contributed by atoms with E-state index in [-0.39, 0.29) is 23.9 Å². The third kappa shape index (κ3) is 8.29. The Kier molecular flexibility index (Phi) is 9.06. The monoisotopic (exact) mass is 497 g/mol. The predicted molar refractivity (Wildman–Crippen MR) is 137 cm³/mol. The second-order valence-corrected chi connectivity index (χ2v) is 11.3. The van der Waals surface area contributed by atoms with Gasteiger partial charge in [-0.2, -0.15) is 4.98 Å². The Morgan fingerprint density at radius 1 is 1.00 bits per heavy atom. The molecule has 2 heterocycles. The molecular formula is C28H39N3O5. The van der Waals surface area contributed by atoms with E-state index in [2.05, 4.69) is 15.3 Å². The van der Waals surface area contributed by atoms with E-state index >= 15 is 0 Å². The molecule has 0 aliphatic carbocycles. The smallest absolute Gasteiger partial charge is 0.361 e. The zero-order chi connectivity index (χ0) is 26.3. The number of nitrogens with one attached hydrogen (secondary N) is 1. The Morgan fingerprint density at radius 3 is 2.39 bits per heavy atom. The summed E-state index contributed by atoms with van der Waals surface area (Å²) in [4.78, 5) is 35.3. The van der Waals surface area contributed by atoms with E-state index in [1.165, 1.54) is 0 Å². The standard InChI is InChI=1S/C28H39N3O5/c1-27(2,3)26(33)35-24-23(34-18-20-11-8-7-9-12-20)22(25(32)36-28(4,5)6)30-21(31-24)17-19-13-10-15-29-16-14-19/h7-9,11-12,19,29H,10,13-18H2,1-6H3. The number of carbonyl (C=O) groups excluding carboxylic acids is 2. The Labute approximate surface area is 214 Å². The van der Waals surface area contributed by atoms with Crippen LogP contribution >= 0.6 is 0 Å². The van der Waals surface area contributed by atoms with Crippen LogP contribution in [0.1, 0.15) is 82.7 Å². The summed E-state index contributed by atoms with van der Waals surface area (Å²) in [5.41, 5.74) is -0.667. The van der Waals surface area contributed by atoms with Crippen molar-refractivity contribution in [3.05, 3.63) is 47.4 Å². The lowest BCUT2D eigenvalue weighted by Crippen LogP contribution is -2.28. The number of nitrogens with zero attached hydrogens (tertiary/aromatic N) is 2. The summed E-state index contributed by atoms with van der Waals surface area (Å²) in [5, 5.41) is 3.41. The predicted octanol–water partition coefficient (Wildman–Crippen LogP) is 4.89. The van der Waals surface area contributed by atoms with Gasteiger partial charge in [0.15, 0.2) is 5.69 Å². The molecule has 1 atom stereocenters. The summed E-state index contributed by atoms with van der Waals surface area (Å²) in [6.07, 6.45) is 3.64. The molecule has 0 spiro atoms. The van der Waals surface area contributed by atoms with Crippen LogP contribution in [-0.2, 0) is 22.6 Å². The number of rotatable bonds is 7. The van der Waals surface area contributed by atoms with Crippen molar-refractivity contribution >= 4 is 11.9 Å². The highest BCUT2D eigenvalue weighted by molar-refractivity contribution is 5.92. The first-order valence-electron chi connectivity index (χ1n) is 12.7. The van der Waals surface area contributed by atoms with Crippen LogP contribution in [0.5, 0.6) is 11.6 Å². The van der Waals surface area contributed by atoms with Crippen LogP contribution < -0.4 is 14.8 Å². The summed E-state index contributed by atoms with van der Waals surface area (Å²) < 4.78 is 17.4. The molecule has 36 heavy (non-hydrogen) atoms. The number of esters is 2. The molecule has 2 aromatic rings. The summed E-state index contributed by atoms with van der Waals surface area (Å²) in [7, 11) is 0. The van der Waals surface area contributed by atoms with Crippen molar-refractivity contribution in [2.24, 2.45) is 11.3 Å². The van der Waals surface area contributed by atoms with Crippen molar-refractivity contribution in [2.75, 3.05) is 13.1 Å². The molecular weight excluding hydrogens is 458 g/mol. The van der Waals surface area contributed by atoms with Crippen LogP contribution in [0.15, 0.2) is 30.3 Å². The molecule has 1 saturated heterocycles. The van der Waals surface area contributed by atoms with Gasteiger partial charge in [0.1, 0.15) is 18.0 Å². The highest BCUT2D eigenvalue weighted by Crippen LogP contribution is 2.33. The van der Waals surface area contributed by atoms with Crippen molar-refractivity contribution in [3.63, 3.8) is 0 Å². The molecule has 1 N–H and O–H groups in total. The average molecular weight is 498 g/mol. The molecule has 0 saturated carbocycles. The molecule has 1 aliphatic heterocycles. The first kappa shape index (κ1) is 27.6. The summed E-state index contributed by atoms with van der Waals surface area (Å²) in [6.45, 7) is 12.7. The van der Waals surface area contributed by atoms with Crippen LogP contribution in [0.3, 0.4) is 0 Å². The highest BCUT2D eigenvalue weighted by Gasteiger charge is 2.32. The lowest BCUT2D eigenvalue weighted by Gasteiger charge is -2.22. The minimum Gasteiger partial charge on any atom is -0.481 e. The third-order valence-electron chi connectivity index (χ3n) is 5.67. The summed E-state index contributed by atoms with van der Waals surface area (Å²) in [5.74, 6) is -0.379. The normalized spacial score (nSPS) is 16.7. The second kappa shape index (κ2) is 11.8. The summed E-state index contributed by atoms with van der Waals surface area (Å²) >= 11 is 0. The van der Waals surface area contributed by atoms with Crippen LogP contribution in [0.25, 0.3) is 0 Å². The topological polar surface area (TPSA) is 99.6 Å². The lowest BCUT2D eigenvalue weighted by molar-refractivity contribution is -0.143. The van der Waals surface area contributed by atoms with E-state index in [0.717, 1.165) is 37.9 Å². The maximum Gasteiger partial charge on any atom is 0.361 e. The van der Waals surface area contributed by atoms with Crippen molar-refractivity contribution < 1.29 is 23.8 Å². The van der Waals surface area contributed by atoms with Crippen LogP contribution in [0, 0.1) is 11.3 Å². The van der Waals surface area contributed by atoms with Gasteiger partial charge in [-0.05, 0) is 85.4 Å². The number of carbonyl (C=O) groups is 2. The van der Waals surface area contributed by atoms with Crippen molar-refractivity contribution in [1.29, 1.82) is 0 Å². The highest BCUT2D eigenvalue weighted by atomic mass is 16.6. The summed E-state index contributed by atoms with van der Waals surface area (Å²) in [6, 6.07) is 9.52. The molecule has 1 aliphatic rings. The van der Waals surface area contributed by atoms with Crippen LogP contribution in [0.4, 0.5) is 0 Å². The number of hydrogen-bond donors (Lipinski definition) is 1. The lowest BCUT2D eigenvalue weighted by atomic mass is 9.96. The second-order valence-electron chi connectivity index (χ2n) is 11.3.